The third kappa shape index (κ3) is 3.12. The fourth-order valence-electron chi connectivity index (χ4n) is 3.01. The third-order valence-corrected chi connectivity index (χ3v) is 4.25. The highest BCUT2D eigenvalue weighted by molar-refractivity contribution is 5.92. The lowest BCUT2D eigenvalue weighted by Crippen LogP contribution is -2.41. The first-order valence-electron chi connectivity index (χ1n) is 7.82. The van der Waals surface area contributed by atoms with Gasteiger partial charge in [-0.1, -0.05) is 12.1 Å². The molecule has 122 valence electrons. The average molecular weight is 317 g/mol. The van der Waals surface area contributed by atoms with Crippen LogP contribution in [0.2, 0.25) is 0 Å². The number of aromatic nitrogens is 2. The quantitative estimate of drug-likeness (QED) is 0.944. The van der Waals surface area contributed by atoms with Gasteiger partial charge in [0.15, 0.2) is 5.69 Å². The Labute approximate surface area is 134 Å². The van der Waals surface area contributed by atoms with E-state index < -0.39 is 0 Å². The summed E-state index contributed by atoms with van der Waals surface area (Å²) in [5.41, 5.74) is 1.34. The van der Waals surface area contributed by atoms with Crippen molar-refractivity contribution in [1.82, 2.24) is 14.7 Å². The van der Waals surface area contributed by atoms with E-state index in [1.807, 2.05) is 0 Å². The molecule has 0 bridgehead atoms. The smallest absolute Gasteiger partial charge is 0.274 e. The molecule has 2 aromatic rings. The van der Waals surface area contributed by atoms with Gasteiger partial charge >= 0.3 is 0 Å². The molecule has 0 aliphatic carbocycles. The molecule has 1 atom stereocenters. The summed E-state index contributed by atoms with van der Waals surface area (Å²) in [6, 6.07) is 8.03. The zero-order valence-corrected chi connectivity index (χ0v) is 13.1. The van der Waals surface area contributed by atoms with E-state index in [4.69, 9.17) is 0 Å². The van der Waals surface area contributed by atoms with Gasteiger partial charge in [0.1, 0.15) is 11.5 Å². The Morgan fingerprint density at radius 1 is 1.43 bits per heavy atom. The van der Waals surface area contributed by atoms with Crippen LogP contribution >= 0.6 is 0 Å². The van der Waals surface area contributed by atoms with Crippen molar-refractivity contribution in [1.29, 1.82) is 0 Å². The number of carbonyl (C=O) groups excluding carboxylic acids is 1. The van der Waals surface area contributed by atoms with Gasteiger partial charge in [-0.3, -0.25) is 4.79 Å². The fraction of sp³-hybridized carbons (Fsp3) is 0.412. The predicted octanol–water partition coefficient (Wildman–Crippen LogP) is 2.16. The number of halogens is 1. The number of nitrogens with zero attached hydrogens (tertiary/aromatic N) is 3. The molecular formula is C17H20FN3O2. The van der Waals surface area contributed by atoms with Gasteiger partial charge in [-0.05, 0) is 43.9 Å². The maximum atomic E-state index is 13.9. The predicted molar refractivity (Wildman–Crippen MR) is 84.0 cm³/mol. The molecule has 1 amide bonds. The zero-order valence-electron chi connectivity index (χ0n) is 13.1. The maximum Gasteiger partial charge on any atom is 0.274 e. The van der Waals surface area contributed by atoms with E-state index in [9.17, 15) is 14.3 Å². The van der Waals surface area contributed by atoms with E-state index in [1.165, 1.54) is 10.7 Å². The summed E-state index contributed by atoms with van der Waals surface area (Å²) in [4.78, 5) is 14.3. The van der Waals surface area contributed by atoms with Crippen molar-refractivity contribution >= 4 is 5.91 Å². The van der Waals surface area contributed by atoms with Crippen LogP contribution in [0.5, 0.6) is 0 Å². The number of rotatable bonds is 3. The van der Waals surface area contributed by atoms with Crippen molar-refractivity contribution in [3.8, 4) is 5.69 Å². The number of aryl methyl sites for hydroxylation is 1. The highest BCUT2D eigenvalue weighted by Gasteiger charge is 2.26. The monoisotopic (exact) mass is 317 g/mol. The van der Waals surface area contributed by atoms with Crippen LogP contribution in [-0.2, 0) is 0 Å². The zero-order chi connectivity index (χ0) is 16.4. The lowest BCUT2D eigenvalue weighted by atomic mass is 9.99. The number of likely N-dealkylation sites (tertiary alicyclic amines) is 1. The minimum atomic E-state index is -0.379. The van der Waals surface area contributed by atoms with E-state index in [0.29, 0.717) is 30.2 Å². The maximum absolute atomic E-state index is 13.9. The van der Waals surface area contributed by atoms with E-state index in [-0.39, 0.29) is 24.2 Å². The summed E-state index contributed by atoms with van der Waals surface area (Å²) in [7, 11) is 0. The molecule has 6 heteroatoms. The van der Waals surface area contributed by atoms with Crippen molar-refractivity contribution < 1.29 is 14.3 Å². The van der Waals surface area contributed by atoms with E-state index in [0.717, 1.165) is 12.8 Å². The molecule has 1 aliphatic heterocycles. The van der Waals surface area contributed by atoms with Crippen molar-refractivity contribution in [2.24, 2.45) is 5.92 Å². The topological polar surface area (TPSA) is 58.4 Å². The molecule has 1 unspecified atom stereocenters. The number of amides is 1. The van der Waals surface area contributed by atoms with E-state index in [1.54, 1.807) is 36.1 Å². The van der Waals surface area contributed by atoms with Crippen LogP contribution in [0.15, 0.2) is 30.3 Å². The Hall–Kier alpha value is -2.21. The summed E-state index contributed by atoms with van der Waals surface area (Å²) >= 11 is 0. The standard InChI is InChI=1S/C17H20FN3O2/c1-12-9-15(17(23)20-8-4-5-13(10-20)11-22)19-21(12)16-7-3-2-6-14(16)18/h2-3,6-7,9,13,22H,4-5,8,10-11H2,1H3. The van der Waals surface area contributed by atoms with Gasteiger partial charge in [0, 0.05) is 25.4 Å². The molecule has 0 saturated carbocycles. The summed E-state index contributed by atoms with van der Waals surface area (Å²) in [5, 5.41) is 13.6. The summed E-state index contributed by atoms with van der Waals surface area (Å²) < 4.78 is 15.4. The number of benzene rings is 1. The van der Waals surface area contributed by atoms with Gasteiger partial charge in [0.05, 0.1) is 0 Å². The molecule has 2 heterocycles. The second kappa shape index (κ2) is 6.50. The van der Waals surface area contributed by atoms with Gasteiger partial charge in [-0.2, -0.15) is 5.10 Å². The van der Waals surface area contributed by atoms with Gasteiger partial charge in [-0.25, -0.2) is 9.07 Å². The Bertz CT molecular complexity index is 714. The molecule has 23 heavy (non-hydrogen) atoms. The van der Waals surface area contributed by atoms with Crippen LogP contribution < -0.4 is 0 Å². The van der Waals surface area contributed by atoms with Crippen LogP contribution in [0.25, 0.3) is 5.69 Å². The second-order valence-corrected chi connectivity index (χ2v) is 5.98. The Balaban J connectivity index is 1.86. The highest BCUT2D eigenvalue weighted by Crippen LogP contribution is 2.20. The first-order chi connectivity index (χ1) is 11.1. The summed E-state index contributed by atoms with van der Waals surface area (Å²) in [6.45, 7) is 3.09. The molecule has 1 N–H and O–H groups in total. The lowest BCUT2D eigenvalue weighted by molar-refractivity contribution is 0.0614. The molecule has 0 spiro atoms. The molecule has 1 aromatic heterocycles. The van der Waals surface area contributed by atoms with Crippen LogP contribution in [-0.4, -0.2) is 45.4 Å². The minimum absolute atomic E-state index is 0.0898. The normalized spacial score (nSPS) is 18.2. The van der Waals surface area contributed by atoms with E-state index >= 15 is 0 Å². The van der Waals surface area contributed by atoms with Crippen LogP contribution in [0, 0.1) is 18.7 Å². The van der Waals surface area contributed by atoms with Gasteiger partial charge in [0.2, 0.25) is 0 Å². The van der Waals surface area contributed by atoms with Crippen LogP contribution in [0.4, 0.5) is 4.39 Å². The molecule has 3 rings (SSSR count). The van der Waals surface area contributed by atoms with Crippen molar-refractivity contribution in [3.05, 3.63) is 47.5 Å². The Morgan fingerprint density at radius 2 is 2.22 bits per heavy atom. The molecule has 0 radical (unpaired) electrons. The first-order valence-corrected chi connectivity index (χ1v) is 7.82. The second-order valence-electron chi connectivity index (χ2n) is 5.98. The molecule has 1 aromatic carbocycles. The number of hydrogen-bond donors (Lipinski definition) is 1. The highest BCUT2D eigenvalue weighted by atomic mass is 19.1. The van der Waals surface area contributed by atoms with Crippen LogP contribution in [0.3, 0.4) is 0 Å². The number of hydrogen-bond acceptors (Lipinski definition) is 3. The number of piperidine rings is 1. The number of carbonyl (C=O) groups is 1. The van der Waals surface area contributed by atoms with Crippen molar-refractivity contribution in [3.63, 3.8) is 0 Å². The molecular weight excluding hydrogens is 297 g/mol. The minimum Gasteiger partial charge on any atom is -0.396 e. The Kier molecular flexibility index (Phi) is 4.43. The number of para-hydroxylation sites is 1. The van der Waals surface area contributed by atoms with Gasteiger partial charge in [0.25, 0.3) is 5.91 Å². The van der Waals surface area contributed by atoms with Gasteiger partial charge in [-0.15, -0.1) is 0 Å². The van der Waals surface area contributed by atoms with Gasteiger partial charge < -0.3 is 10.0 Å². The number of aliphatic hydroxyl groups is 1. The molecule has 1 fully saturated rings. The summed E-state index contributed by atoms with van der Waals surface area (Å²) in [5.74, 6) is -0.417. The van der Waals surface area contributed by atoms with E-state index in [2.05, 4.69) is 5.10 Å². The van der Waals surface area contributed by atoms with Crippen LogP contribution in [0.1, 0.15) is 29.0 Å². The first kappa shape index (κ1) is 15.7. The largest absolute Gasteiger partial charge is 0.396 e. The van der Waals surface area contributed by atoms with Crippen molar-refractivity contribution in [2.75, 3.05) is 19.7 Å². The SMILES string of the molecule is Cc1cc(C(=O)N2CCCC(CO)C2)nn1-c1ccccc1F. The molecule has 1 aliphatic rings. The molecule has 1 saturated heterocycles. The fourth-order valence-corrected chi connectivity index (χ4v) is 3.01. The molecule has 5 nitrogen and oxygen atoms in total. The number of aliphatic hydroxyl groups excluding tert-OH is 1. The third-order valence-electron chi connectivity index (χ3n) is 4.25. The lowest BCUT2D eigenvalue weighted by Gasteiger charge is -2.31. The summed E-state index contributed by atoms with van der Waals surface area (Å²) in [6.07, 6.45) is 1.81. The Morgan fingerprint density at radius 3 is 2.96 bits per heavy atom. The van der Waals surface area contributed by atoms with Crippen molar-refractivity contribution in [2.45, 2.75) is 19.8 Å². The average Bonchev–Trinajstić information content (AvgIpc) is 2.96.